The highest BCUT2D eigenvalue weighted by Crippen LogP contribution is 2.27. The molecule has 0 saturated carbocycles. The molecule has 6 nitrogen and oxygen atoms in total. The molecule has 0 aliphatic carbocycles. The van der Waals surface area contributed by atoms with Gasteiger partial charge in [-0.25, -0.2) is 4.79 Å². The highest BCUT2D eigenvalue weighted by molar-refractivity contribution is 7.13. The van der Waals surface area contributed by atoms with Gasteiger partial charge >= 0.3 is 5.97 Å². The Morgan fingerprint density at radius 2 is 2.35 bits per heavy atom. The second-order valence-corrected chi connectivity index (χ2v) is 6.69. The number of hydrogen-bond acceptors (Lipinski definition) is 7. The van der Waals surface area contributed by atoms with Crippen LogP contribution in [0, 0.1) is 5.92 Å². The number of ether oxygens (including phenoxy) is 1. The van der Waals surface area contributed by atoms with Crippen molar-refractivity contribution in [3.63, 3.8) is 0 Å². The number of rotatable bonds is 5. The van der Waals surface area contributed by atoms with E-state index in [4.69, 9.17) is 4.52 Å². The van der Waals surface area contributed by atoms with Gasteiger partial charge < -0.3 is 14.4 Å². The van der Waals surface area contributed by atoms with Crippen LogP contribution in [0.25, 0.3) is 10.6 Å². The quantitative estimate of drug-likeness (QED) is 0.843. The summed E-state index contributed by atoms with van der Waals surface area (Å²) in [5.74, 6) is 0.226. The molecule has 1 fully saturated rings. The minimum Gasteiger partial charge on any atom is -0.467 e. The van der Waals surface area contributed by atoms with Crippen molar-refractivity contribution in [2.24, 2.45) is 5.92 Å². The summed E-state index contributed by atoms with van der Waals surface area (Å²) in [5.41, 5.74) is 0.903. The lowest BCUT2D eigenvalue weighted by Crippen LogP contribution is -2.40. The molecule has 3 rings (SSSR count). The molecule has 1 N–H and O–H groups in total. The normalized spacial score (nSPS) is 18.0. The largest absolute Gasteiger partial charge is 0.467 e. The summed E-state index contributed by atoms with van der Waals surface area (Å²) in [6.07, 6.45) is 0.525. The van der Waals surface area contributed by atoms with Crippen molar-refractivity contribution in [2.75, 3.05) is 20.2 Å². The molecule has 1 saturated heterocycles. The zero-order valence-corrected chi connectivity index (χ0v) is 13.8. The number of piperidine rings is 1. The minimum atomic E-state index is -1.01. The van der Waals surface area contributed by atoms with E-state index in [1.54, 1.807) is 11.3 Å². The predicted octanol–water partition coefficient (Wildman–Crippen LogP) is 2.15. The van der Waals surface area contributed by atoms with Crippen molar-refractivity contribution in [3.8, 4) is 10.6 Å². The standard InChI is InChI=1S/C16H20N2O4S/c1-21-16(20)15(19)11-4-6-18(7-5-11)10-12-9-13(22-17-12)14-3-2-8-23-14/h2-3,8-9,11,15,19H,4-7,10H2,1H3. The van der Waals surface area contributed by atoms with E-state index in [1.165, 1.54) is 7.11 Å². The molecule has 2 aromatic heterocycles. The van der Waals surface area contributed by atoms with E-state index in [0.29, 0.717) is 0 Å². The Hall–Kier alpha value is -1.70. The Balaban J connectivity index is 1.52. The summed E-state index contributed by atoms with van der Waals surface area (Å²) in [7, 11) is 1.30. The summed E-state index contributed by atoms with van der Waals surface area (Å²) in [4.78, 5) is 14.7. The number of thiophene rings is 1. The van der Waals surface area contributed by atoms with Crippen molar-refractivity contribution in [1.29, 1.82) is 0 Å². The molecule has 7 heteroatoms. The molecule has 3 heterocycles. The van der Waals surface area contributed by atoms with Crippen LogP contribution in [0.1, 0.15) is 18.5 Å². The monoisotopic (exact) mass is 336 g/mol. The van der Waals surface area contributed by atoms with Crippen LogP contribution < -0.4 is 0 Å². The second kappa shape index (κ2) is 7.25. The topological polar surface area (TPSA) is 75.8 Å². The van der Waals surface area contributed by atoms with Gasteiger partial charge in [-0.2, -0.15) is 0 Å². The van der Waals surface area contributed by atoms with Gasteiger partial charge in [0.1, 0.15) is 0 Å². The summed E-state index contributed by atoms with van der Waals surface area (Å²) in [6.45, 7) is 2.36. The molecule has 1 aliphatic heterocycles. The maximum atomic E-state index is 11.4. The highest BCUT2D eigenvalue weighted by atomic mass is 32.1. The summed E-state index contributed by atoms with van der Waals surface area (Å²) >= 11 is 1.62. The fourth-order valence-corrected chi connectivity index (χ4v) is 3.56. The van der Waals surface area contributed by atoms with Crippen molar-refractivity contribution >= 4 is 17.3 Å². The molecule has 124 valence electrons. The zero-order chi connectivity index (χ0) is 16.2. The molecular formula is C16H20N2O4S. The van der Waals surface area contributed by atoms with Gasteiger partial charge in [0, 0.05) is 12.6 Å². The predicted molar refractivity (Wildman–Crippen MR) is 85.8 cm³/mol. The van der Waals surface area contributed by atoms with Gasteiger partial charge in [-0.3, -0.25) is 4.90 Å². The number of aliphatic hydroxyl groups excluding tert-OH is 1. The molecule has 0 radical (unpaired) electrons. The SMILES string of the molecule is COC(=O)C(O)C1CCN(Cc2cc(-c3cccs3)on2)CC1. The van der Waals surface area contributed by atoms with Crippen LogP contribution in [-0.4, -0.2) is 47.4 Å². The van der Waals surface area contributed by atoms with Gasteiger partial charge in [-0.15, -0.1) is 11.3 Å². The molecule has 0 spiro atoms. The molecule has 23 heavy (non-hydrogen) atoms. The number of hydrogen-bond donors (Lipinski definition) is 1. The Morgan fingerprint density at radius 3 is 3.00 bits per heavy atom. The third kappa shape index (κ3) is 3.80. The Labute approximate surface area is 138 Å². The lowest BCUT2D eigenvalue weighted by molar-refractivity contribution is -0.154. The molecule has 1 unspecified atom stereocenters. The zero-order valence-electron chi connectivity index (χ0n) is 13.0. The molecule has 0 amide bonds. The number of nitrogens with zero attached hydrogens (tertiary/aromatic N) is 2. The van der Waals surface area contributed by atoms with Gasteiger partial charge in [0.2, 0.25) is 0 Å². The number of aromatic nitrogens is 1. The van der Waals surface area contributed by atoms with Gasteiger partial charge in [-0.1, -0.05) is 11.2 Å². The fourth-order valence-electron chi connectivity index (χ4n) is 2.89. The molecule has 0 aromatic carbocycles. The smallest absolute Gasteiger partial charge is 0.334 e. The summed E-state index contributed by atoms with van der Waals surface area (Å²) in [6, 6.07) is 5.97. The molecule has 1 atom stereocenters. The van der Waals surface area contributed by atoms with E-state index in [2.05, 4.69) is 14.8 Å². The summed E-state index contributed by atoms with van der Waals surface area (Å²) < 4.78 is 9.99. The Bertz CT molecular complexity index is 632. The van der Waals surface area contributed by atoms with Crippen LogP contribution in [0.15, 0.2) is 28.1 Å². The lowest BCUT2D eigenvalue weighted by atomic mass is 9.91. The first-order valence-electron chi connectivity index (χ1n) is 7.65. The fraction of sp³-hybridized carbons (Fsp3) is 0.500. The van der Waals surface area contributed by atoms with Crippen LogP contribution >= 0.6 is 11.3 Å². The maximum Gasteiger partial charge on any atom is 0.334 e. The van der Waals surface area contributed by atoms with Crippen LogP contribution in [0.4, 0.5) is 0 Å². The van der Waals surface area contributed by atoms with E-state index in [9.17, 15) is 9.90 Å². The van der Waals surface area contributed by atoms with Gasteiger partial charge in [0.25, 0.3) is 0 Å². The third-order valence-electron chi connectivity index (χ3n) is 4.23. The number of carbonyl (C=O) groups excluding carboxylic acids is 1. The van der Waals surface area contributed by atoms with Crippen molar-refractivity contribution in [1.82, 2.24) is 10.1 Å². The van der Waals surface area contributed by atoms with E-state index < -0.39 is 12.1 Å². The van der Waals surface area contributed by atoms with E-state index >= 15 is 0 Å². The van der Waals surface area contributed by atoms with Crippen LogP contribution in [-0.2, 0) is 16.1 Å². The van der Waals surface area contributed by atoms with E-state index in [0.717, 1.165) is 48.8 Å². The molecule has 2 aromatic rings. The third-order valence-corrected chi connectivity index (χ3v) is 5.11. The number of methoxy groups -OCH3 is 1. The van der Waals surface area contributed by atoms with Gasteiger partial charge in [-0.05, 0) is 43.3 Å². The van der Waals surface area contributed by atoms with Crippen LogP contribution in [0.2, 0.25) is 0 Å². The molecule has 1 aliphatic rings. The number of esters is 1. The number of carbonyl (C=O) groups is 1. The average molecular weight is 336 g/mol. The van der Waals surface area contributed by atoms with Gasteiger partial charge in [0.05, 0.1) is 17.7 Å². The van der Waals surface area contributed by atoms with Crippen LogP contribution in [0.5, 0.6) is 0 Å². The van der Waals surface area contributed by atoms with Crippen molar-refractivity contribution < 1.29 is 19.2 Å². The number of aliphatic hydroxyl groups is 1. The van der Waals surface area contributed by atoms with E-state index in [-0.39, 0.29) is 5.92 Å². The van der Waals surface area contributed by atoms with Crippen LogP contribution in [0.3, 0.4) is 0 Å². The summed E-state index contributed by atoms with van der Waals surface area (Å²) in [5, 5.41) is 16.0. The molecule has 0 bridgehead atoms. The van der Waals surface area contributed by atoms with Crippen molar-refractivity contribution in [2.45, 2.75) is 25.5 Å². The Morgan fingerprint density at radius 1 is 1.57 bits per heavy atom. The minimum absolute atomic E-state index is 0.0299. The first-order valence-corrected chi connectivity index (χ1v) is 8.53. The second-order valence-electron chi connectivity index (χ2n) is 5.74. The Kier molecular flexibility index (Phi) is 5.09. The first kappa shape index (κ1) is 16.2. The highest BCUT2D eigenvalue weighted by Gasteiger charge is 2.30. The van der Waals surface area contributed by atoms with E-state index in [1.807, 2.05) is 23.6 Å². The van der Waals surface area contributed by atoms with Gasteiger partial charge in [0.15, 0.2) is 11.9 Å². The maximum absolute atomic E-state index is 11.4. The lowest BCUT2D eigenvalue weighted by Gasteiger charge is -2.32. The molecular weight excluding hydrogens is 316 g/mol. The van der Waals surface area contributed by atoms with Crippen molar-refractivity contribution in [3.05, 3.63) is 29.3 Å². The average Bonchev–Trinajstić information content (AvgIpc) is 3.25. The first-order chi connectivity index (χ1) is 11.2. The number of likely N-dealkylation sites (tertiary alicyclic amines) is 1.